The number of nitrogens with zero attached hydrogens (tertiary/aromatic N) is 5. The third-order valence-corrected chi connectivity index (χ3v) is 4.76. The molecule has 2 aromatic rings. The van der Waals surface area contributed by atoms with Gasteiger partial charge in [0.2, 0.25) is 5.95 Å². The molecule has 8 heteroatoms. The number of hydrogen-bond acceptors (Lipinski definition) is 6. The molecule has 8 nitrogen and oxygen atoms in total. The van der Waals surface area contributed by atoms with E-state index in [1.807, 2.05) is 13.0 Å². The molecule has 0 aliphatic carbocycles. The number of nitrogens with one attached hydrogen (secondary N) is 1. The second-order valence-corrected chi connectivity index (χ2v) is 6.57. The zero-order valence-corrected chi connectivity index (χ0v) is 15.6. The molecule has 0 unspecified atom stereocenters. The molecule has 0 amide bonds. The van der Waals surface area contributed by atoms with Crippen LogP contribution in [0, 0.1) is 0 Å². The number of aromatic nitrogens is 2. The van der Waals surface area contributed by atoms with Gasteiger partial charge in [-0.25, -0.2) is 4.98 Å². The molecule has 2 aliphatic heterocycles. The largest absolute Gasteiger partial charge is 0.378 e. The quantitative estimate of drug-likeness (QED) is 0.626. The maximum Gasteiger partial charge on any atom is 0.231 e. The summed E-state index contributed by atoms with van der Waals surface area (Å²) in [6.07, 6.45) is 0. The number of fused-ring (bicyclic) bond motifs is 1. The van der Waals surface area contributed by atoms with E-state index in [0.717, 1.165) is 37.7 Å². The van der Waals surface area contributed by atoms with Crippen molar-refractivity contribution in [2.75, 3.05) is 48.0 Å². The number of guanidine groups is 1. The topological polar surface area (TPSA) is 91.9 Å². The van der Waals surface area contributed by atoms with Gasteiger partial charge in [-0.2, -0.15) is 4.98 Å². The van der Waals surface area contributed by atoms with Gasteiger partial charge in [0.25, 0.3) is 0 Å². The van der Waals surface area contributed by atoms with Gasteiger partial charge in [0.05, 0.1) is 25.5 Å². The minimum absolute atomic E-state index is 0.336. The van der Waals surface area contributed by atoms with Crippen LogP contribution in [0.5, 0.6) is 0 Å². The summed E-state index contributed by atoms with van der Waals surface area (Å²) in [5.41, 5.74) is 9.32. The van der Waals surface area contributed by atoms with E-state index in [2.05, 4.69) is 44.4 Å². The monoisotopic (exact) mass is 367 g/mol. The molecule has 3 heterocycles. The zero-order valence-electron chi connectivity index (χ0n) is 15.6. The first-order valence-electron chi connectivity index (χ1n) is 9.34. The molecule has 0 atom stereocenters. The molecule has 1 saturated heterocycles. The van der Waals surface area contributed by atoms with E-state index < -0.39 is 0 Å². The molecule has 0 radical (unpaired) electrons. The van der Waals surface area contributed by atoms with Gasteiger partial charge in [0.15, 0.2) is 5.96 Å². The molecule has 3 N–H and O–H groups in total. The molecule has 4 rings (SSSR count). The van der Waals surface area contributed by atoms with Crippen LogP contribution in [-0.4, -0.2) is 48.8 Å². The zero-order chi connectivity index (χ0) is 18.6. The lowest BCUT2D eigenvalue weighted by Crippen LogP contribution is -2.38. The van der Waals surface area contributed by atoms with Crippen LogP contribution in [0.1, 0.15) is 18.2 Å². The van der Waals surface area contributed by atoms with Crippen LogP contribution in [0.2, 0.25) is 0 Å². The number of para-hydroxylation sites is 1. The Morgan fingerprint density at radius 1 is 1.15 bits per heavy atom. The SMILES string of the molecule is CCN=C(N)Nc1nc2c(c(N3CCOCC3)n1)CN(c1ccccc1)C2. The highest BCUT2D eigenvalue weighted by atomic mass is 16.5. The average Bonchev–Trinajstić information content (AvgIpc) is 3.13. The molecule has 142 valence electrons. The molecule has 27 heavy (non-hydrogen) atoms. The van der Waals surface area contributed by atoms with Gasteiger partial charge < -0.3 is 20.3 Å². The van der Waals surface area contributed by atoms with Crippen molar-refractivity contribution in [2.45, 2.75) is 20.0 Å². The number of morpholine rings is 1. The molecule has 0 bridgehead atoms. The lowest BCUT2D eigenvalue weighted by molar-refractivity contribution is 0.122. The minimum atomic E-state index is 0.336. The van der Waals surface area contributed by atoms with Crippen molar-refractivity contribution in [3.8, 4) is 0 Å². The fraction of sp³-hybridized carbons (Fsp3) is 0.421. The first-order chi connectivity index (χ1) is 13.2. The van der Waals surface area contributed by atoms with Gasteiger partial charge >= 0.3 is 0 Å². The first-order valence-corrected chi connectivity index (χ1v) is 9.34. The van der Waals surface area contributed by atoms with E-state index in [1.54, 1.807) is 0 Å². The molecule has 0 spiro atoms. The maximum atomic E-state index is 5.92. The molecule has 1 aromatic heterocycles. The Morgan fingerprint density at radius 2 is 1.93 bits per heavy atom. The highest BCUT2D eigenvalue weighted by molar-refractivity contribution is 5.90. The second kappa shape index (κ2) is 7.79. The number of aliphatic imine (C=N–C) groups is 1. The predicted octanol–water partition coefficient (Wildman–Crippen LogP) is 1.58. The van der Waals surface area contributed by atoms with E-state index in [9.17, 15) is 0 Å². The molecule has 1 fully saturated rings. The van der Waals surface area contributed by atoms with E-state index in [4.69, 9.17) is 20.4 Å². The predicted molar refractivity (Wildman–Crippen MR) is 107 cm³/mol. The molecular formula is C19H25N7O. The van der Waals surface area contributed by atoms with E-state index in [0.29, 0.717) is 31.7 Å². The van der Waals surface area contributed by atoms with Gasteiger partial charge in [-0.15, -0.1) is 0 Å². The minimum Gasteiger partial charge on any atom is -0.378 e. The molecule has 0 saturated carbocycles. The molecular weight excluding hydrogens is 342 g/mol. The van der Waals surface area contributed by atoms with E-state index in [-0.39, 0.29) is 0 Å². The summed E-state index contributed by atoms with van der Waals surface area (Å²) < 4.78 is 5.51. The van der Waals surface area contributed by atoms with E-state index >= 15 is 0 Å². The Labute approximate surface area is 159 Å². The van der Waals surface area contributed by atoms with Crippen molar-refractivity contribution in [2.24, 2.45) is 10.7 Å². The highest BCUT2D eigenvalue weighted by Crippen LogP contribution is 2.33. The van der Waals surface area contributed by atoms with Gasteiger partial charge in [-0.3, -0.25) is 10.3 Å². The van der Waals surface area contributed by atoms with E-state index in [1.165, 1.54) is 11.3 Å². The number of anilines is 3. The summed E-state index contributed by atoms with van der Waals surface area (Å²) >= 11 is 0. The van der Waals surface area contributed by atoms with Crippen LogP contribution >= 0.6 is 0 Å². The fourth-order valence-corrected chi connectivity index (χ4v) is 3.48. The van der Waals surface area contributed by atoms with Crippen molar-refractivity contribution in [3.05, 3.63) is 41.6 Å². The number of hydrogen-bond donors (Lipinski definition) is 2. The summed E-state index contributed by atoms with van der Waals surface area (Å²) in [5.74, 6) is 1.80. The van der Waals surface area contributed by atoms with Crippen LogP contribution < -0.4 is 20.9 Å². The lowest BCUT2D eigenvalue weighted by Gasteiger charge is -2.29. The molecule has 2 aliphatic rings. The summed E-state index contributed by atoms with van der Waals surface area (Å²) in [5, 5.41) is 3.04. The Kier molecular flexibility index (Phi) is 5.06. The van der Waals surface area contributed by atoms with Crippen molar-refractivity contribution < 1.29 is 4.74 Å². The van der Waals surface area contributed by atoms with Crippen molar-refractivity contribution in [1.82, 2.24) is 9.97 Å². The van der Waals surface area contributed by atoms with Gasteiger partial charge in [-0.1, -0.05) is 18.2 Å². The second-order valence-electron chi connectivity index (χ2n) is 6.57. The fourth-order valence-electron chi connectivity index (χ4n) is 3.48. The van der Waals surface area contributed by atoms with Gasteiger partial charge in [0.1, 0.15) is 5.82 Å². The highest BCUT2D eigenvalue weighted by Gasteiger charge is 2.28. The Morgan fingerprint density at radius 3 is 2.67 bits per heavy atom. The standard InChI is InChI=1S/C19H25N7O/c1-2-21-18(20)24-19-22-16-13-26(14-6-4-3-5-7-14)12-15(16)17(23-19)25-8-10-27-11-9-25/h3-7H,2,8-13H2,1H3,(H3,20,21,22,23,24). The Bertz CT molecular complexity index is 818. The van der Waals surface area contributed by atoms with Crippen LogP contribution in [0.3, 0.4) is 0 Å². The van der Waals surface area contributed by atoms with Gasteiger partial charge in [0, 0.05) is 37.4 Å². The first kappa shape index (κ1) is 17.5. The van der Waals surface area contributed by atoms with Crippen LogP contribution in [-0.2, 0) is 17.8 Å². The van der Waals surface area contributed by atoms with Crippen LogP contribution in [0.15, 0.2) is 35.3 Å². The van der Waals surface area contributed by atoms with Crippen LogP contribution in [0.4, 0.5) is 17.5 Å². The summed E-state index contributed by atoms with van der Waals surface area (Å²) in [7, 11) is 0. The summed E-state index contributed by atoms with van der Waals surface area (Å²) in [6, 6.07) is 10.4. The van der Waals surface area contributed by atoms with Gasteiger partial charge in [-0.05, 0) is 19.1 Å². The number of ether oxygens (including phenoxy) is 1. The number of rotatable bonds is 4. The number of benzene rings is 1. The smallest absolute Gasteiger partial charge is 0.231 e. The average molecular weight is 367 g/mol. The van der Waals surface area contributed by atoms with Crippen molar-refractivity contribution in [1.29, 1.82) is 0 Å². The van der Waals surface area contributed by atoms with Crippen molar-refractivity contribution in [3.63, 3.8) is 0 Å². The Balaban J connectivity index is 1.67. The normalized spacial score (nSPS) is 17.1. The summed E-state index contributed by atoms with van der Waals surface area (Å²) in [4.78, 5) is 18.3. The third-order valence-electron chi connectivity index (χ3n) is 4.76. The third kappa shape index (κ3) is 3.80. The van der Waals surface area contributed by atoms with Crippen LogP contribution in [0.25, 0.3) is 0 Å². The number of nitrogens with two attached hydrogens (primary N) is 1. The molecule has 1 aromatic carbocycles. The Hall–Kier alpha value is -2.87. The maximum absolute atomic E-state index is 5.92. The van der Waals surface area contributed by atoms with Crippen molar-refractivity contribution >= 4 is 23.4 Å². The lowest BCUT2D eigenvalue weighted by atomic mass is 10.2. The summed E-state index contributed by atoms with van der Waals surface area (Å²) in [6.45, 7) is 7.17.